The third kappa shape index (κ3) is 4.63. The molecule has 0 fully saturated rings. The lowest BCUT2D eigenvalue weighted by atomic mass is 10.1. The molecule has 0 atom stereocenters. The molecule has 0 aliphatic heterocycles. The predicted octanol–water partition coefficient (Wildman–Crippen LogP) is 3.93. The lowest BCUT2D eigenvalue weighted by molar-refractivity contribution is -0.114. The lowest BCUT2D eigenvalue weighted by Crippen LogP contribution is -2.26. The van der Waals surface area contributed by atoms with Crippen molar-refractivity contribution < 1.29 is 14.7 Å². The molecule has 24 heavy (non-hydrogen) atoms. The van der Waals surface area contributed by atoms with Gasteiger partial charge in [0, 0.05) is 42.3 Å². The average molecular weight is 367 g/mol. The number of carbonyl (C=O) groups excluding carboxylic acids is 2. The smallest absolute Gasteiger partial charge is 0.257 e. The summed E-state index contributed by atoms with van der Waals surface area (Å²) in [7, 11) is 1.61. The van der Waals surface area contributed by atoms with Crippen molar-refractivity contribution >= 4 is 40.7 Å². The second-order valence-corrected chi connectivity index (χ2v) is 6.22. The number of hydrogen-bond donors (Lipinski definition) is 2. The van der Waals surface area contributed by atoms with Gasteiger partial charge in [-0.2, -0.15) is 0 Å². The van der Waals surface area contributed by atoms with Gasteiger partial charge >= 0.3 is 0 Å². The minimum atomic E-state index is -0.363. The first kappa shape index (κ1) is 18.1. The number of nitrogens with one attached hydrogen (secondary N) is 1. The van der Waals surface area contributed by atoms with Crippen molar-refractivity contribution in [2.75, 3.05) is 12.4 Å². The summed E-state index contributed by atoms with van der Waals surface area (Å²) in [6, 6.07) is 9.40. The average Bonchev–Trinajstić information content (AvgIpc) is 2.44. The van der Waals surface area contributed by atoms with Crippen LogP contribution in [0.1, 0.15) is 22.8 Å². The Morgan fingerprint density at radius 3 is 2.29 bits per heavy atom. The summed E-state index contributed by atoms with van der Waals surface area (Å²) in [5.41, 5.74) is 1.33. The Labute approximate surface area is 149 Å². The van der Waals surface area contributed by atoms with Crippen LogP contribution in [-0.4, -0.2) is 28.9 Å². The molecule has 0 aromatic heterocycles. The van der Waals surface area contributed by atoms with Crippen LogP contribution in [-0.2, 0) is 11.3 Å². The number of hydrogen-bond acceptors (Lipinski definition) is 3. The molecule has 5 nitrogen and oxygen atoms in total. The van der Waals surface area contributed by atoms with Crippen molar-refractivity contribution in [1.82, 2.24) is 4.90 Å². The zero-order chi connectivity index (χ0) is 17.9. The number of halogens is 2. The topological polar surface area (TPSA) is 69.6 Å². The SMILES string of the molecule is CC(=O)Nc1ccc(C(=O)N(C)Cc2cc(Cl)cc(Cl)c2)c(O)c1. The van der Waals surface area contributed by atoms with Gasteiger partial charge in [-0.25, -0.2) is 0 Å². The molecule has 0 aliphatic rings. The fraction of sp³-hybridized carbons (Fsp3) is 0.176. The third-order valence-electron chi connectivity index (χ3n) is 3.24. The molecule has 2 rings (SSSR count). The number of aromatic hydroxyl groups is 1. The molecule has 0 unspecified atom stereocenters. The van der Waals surface area contributed by atoms with Gasteiger partial charge in [0.05, 0.1) is 5.56 Å². The highest BCUT2D eigenvalue weighted by molar-refractivity contribution is 6.34. The molecule has 0 saturated heterocycles. The molecule has 2 aromatic rings. The molecule has 2 amide bonds. The van der Waals surface area contributed by atoms with E-state index in [0.29, 0.717) is 15.7 Å². The van der Waals surface area contributed by atoms with E-state index in [1.165, 1.54) is 24.0 Å². The summed E-state index contributed by atoms with van der Waals surface area (Å²) in [4.78, 5) is 24.9. The van der Waals surface area contributed by atoms with Gasteiger partial charge in [-0.05, 0) is 35.9 Å². The number of rotatable bonds is 4. The van der Waals surface area contributed by atoms with Crippen molar-refractivity contribution in [3.05, 3.63) is 57.6 Å². The van der Waals surface area contributed by atoms with Crippen LogP contribution in [0.2, 0.25) is 10.0 Å². The van der Waals surface area contributed by atoms with E-state index in [2.05, 4.69) is 5.32 Å². The predicted molar refractivity (Wildman–Crippen MR) is 94.7 cm³/mol. The van der Waals surface area contributed by atoms with Gasteiger partial charge in [0.1, 0.15) is 5.75 Å². The standard InChI is InChI=1S/C17H16Cl2N2O3/c1-10(22)20-14-3-4-15(16(23)8-14)17(24)21(2)9-11-5-12(18)7-13(19)6-11/h3-8,23H,9H2,1-2H3,(H,20,22). The molecule has 2 N–H and O–H groups in total. The van der Waals surface area contributed by atoms with Crippen LogP contribution in [0.3, 0.4) is 0 Å². The fourth-order valence-electron chi connectivity index (χ4n) is 2.25. The van der Waals surface area contributed by atoms with E-state index in [-0.39, 0.29) is 29.7 Å². The van der Waals surface area contributed by atoms with Crippen molar-refractivity contribution in [3.8, 4) is 5.75 Å². The second kappa shape index (κ2) is 7.55. The van der Waals surface area contributed by atoms with Gasteiger partial charge < -0.3 is 15.3 Å². The molecule has 0 heterocycles. The van der Waals surface area contributed by atoms with Gasteiger partial charge in [-0.3, -0.25) is 9.59 Å². The maximum absolute atomic E-state index is 12.5. The minimum Gasteiger partial charge on any atom is -0.507 e. The number of benzene rings is 2. The van der Waals surface area contributed by atoms with E-state index in [9.17, 15) is 14.7 Å². The van der Waals surface area contributed by atoms with E-state index < -0.39 is 0 Å². The molecule has 2 aromatic carbocycles. The van der Waals surface area contributed by atoms with Crippen molar-refractivity contribution in [3.63, 3.8) is 0 Å². The molecule has 126 valence electrons. The summed E-state index contributed by atoms with van der Waals surface area (Å²) >= 11 is 11.9. The Morgan fingerprint density at radius 2 is 1.75 bits per heavy atom. The Bertz CT molecular complexity index is 773. The lowest BCUT2D eigenvalue weighted by Gasteiger charge is -2.18. The fourth-order valence-corrected chi connectivity index (χ4v) is 2.82. The van der Waals surface area contributed by atoms with Gasteiger partial charge in [0.25, 0.3) is 5.91 Å². The highest BCUT2D eigenvalue weighted by Crippen LogP contribution is 2.25. The quantitative estimate of drug-likeness (QED) is 0.860. The Balaban J connectivity index is 2.16. The number of phenols is 1. The summed E-state index contributed by atoms with van der Waals surface area (Å²) < 4.78 is 0. The van der Waals surface area contributed by atoms with Gasteiger partial charge in [-0.15, -0.1) is 0 Å². The first-order valence-electron chi connectivity index (χ1n) is 7.07. The maximum Gasteiger partial charge on any atom is 0.257 e. The summed E-state index contributed by atoms with van der Waals surface area (Å²) in [5, 5.41) is 13.6. The first-order valence-corrected chi connectivity index (χ1v) is 7.83. The van der Waals surface area contributed by atoms with E-state index in [0.717, 1.165) is 5.56 Å². The summed E-state index contributed by atoms with van der Waals surface area (Å²) in [5.74, 6) is -0.830. The second-order valence-electron chi connectivity index (χ2n) is 5.35. The molecule has 7 heteroatoms. The molecular weight excluding hydrogens is 351 g/mol. The highest BCUT2D eigenvalue weighted by atomic mass is 35.5. The van der Waals surface area contributed by atoms with Gasteiger partial charge in [-0.1, -0.05) is 23.2 Å². The number of carbonyl (C=O) groups is 2. The summed E-state index contributed by atoms with van der Waals surface area (Å²) in [6.45, 7) is 1.64. The largest absolute Gasteiger partial charge is 0.507 e. The zero-order valence-corrected chi connectivity index (χ0v) is 14.6. The van der Waals surface area contributed by atoms with Crippen LogP contribution in [0, 0.1) is 0 Å². The number of phenolic OH excluding ortho intramolecular Hbond substituents is 1. The molecule has 0 aliphatic carbocycles. The number of amides is 2. The van der Waals surface area contributed by atoms with Crippen molar-refractivity contribution in [2.24, 2.45) is 0 Å². The third-order valence-corrected chi connectivity index (χ3v) is 3.67. The Morgan fingerprint density at radius 1 is 1.12 bits per heavy atom. The maximum atomic E-state index is 12.5. The van der Waals surface area contributed by atoms with Crippen LogP contribution in [0.5, 0.6) is 5.75 Å². The van der Waals surface area contributed by atoms with Crippen LogP contribution in [0.25, 0.3) is 0 Å². The number of nitrogens with zero attached hydrogens (tertiary/aromatic N) is 1. The van der Waals surface area contributed by atoms with Crippen LogP contribution in [0.4, 0.5) is 5.69 Å². The molecular formula is C17H16Cl2N2O3. The minimum absolute atomic E-state index is 0.139. The zero-order valence-electron chi connectivity index (χ0n) is 13.1. The first-order chi connectivity index (χ1) is 11.3. The molecule has 0 saturated carbocycles. The monoisotopic (exact) mass is 366 g/mol. The van der Waals surface area contributed by atoms with Crippen LogP contribution < -0.4 is 5.32 Å². The summed E-state index contributed by atoms with van der Waals surface area (Å²) in [6.07, 6.45) is 0. The van der Waals surface area contributed by atoms with Crippen molar-refractivity contribution in [2.45, 2.75) is 13.5 Å². The molecule has 0 radical (unpaired) electrons. The number of anilines is 1. The van der Waals surface area contributed by atoms with E-state index >= 15 is 0 Å². The molecule has 0 bridgehead atoms. The Hall–Kier alpha value is -2.24. The Kier molecular flexibility index (Phi) is 5.70. The van der Waals surface area contributed by atoms with E-state index in [1.54, 1.807) is 31.3 Å². The molecule has 0 spiro atoms. The van der Waals surface area contributed by atoms with Gasteiger partial charge in [0.2, 0.25) is 5.91 Å². The van der Waals surface area contributed by atoms with Crippen LogP contribution in [0.15, 0.2) is 36.4 Å². The van der Waals surface area contributed by atoms with E-state index in [1.807, 2.05) is 0 Å². The van der Waals surface area contributed by atoms with Gasteiger partial charge in [0.15, 0.2) is 0 Å². The van der Waals surface area contributed by atoms with E-state index in [4.69, 9.17) is 23.2 Å². The normalized spacial score (nSPS) is 10.3. The highest BCUT2D eigenvalue weighted by Gasteiger charge is 2.17. The van der Waals surface area contributed by atoms with Crippen LogP contribution >= 0.6 is 23.2 Å². The van der Waals surface area contributed by atoms with Crippen molar-refractivity contribution in [1.29, 1.82) is 0 Å².